The van der Waals surface area contributed by atoms with Gasteiger partial charge in [0.15, 0.2) is 16.1 Å². The Morgan fingerprint density at radius 1 is 1.50 bits per heavy atom. The highest BCUT2D eigenvalue weighted by Gasteiger charge is 2.31. The maximum atomic E-state index is 13.2. The number of carbonyl (C=O) groups excluding carboxylic acids is 1. The van der Waals surface area contributed by atoms with Gasteiger partial charge in [-0.3, -0.25) is 4.79 Å². The molecule has 0 bridgehead atoms. The highest BCUT2D eigenvalue weighted by Crippen LogP contribution is 2.32. The minimum Gasteiger partial charge on any atom is -0.308 e. The van der Waals surface area contributed by atoms with E-state index in [2.05, 4.69) is 20.9 Å². The molecule has 0 N–H and O–H groups in total. The van der Waals surface area contributed by atoms with E-state index in [-0.39, 0.29) is 26.7 Å². The molecule has 1 unspecified atom stereocenters. The molecule has 2 rings (SSSR count). The number of amides is 1. The largest absolute Gasteiger partial charge is 0.308 e. The lowest BCUT2D eigenvalue weighted by atomic mass is 10.3. The summed E-state index contributed by atoms with van der Waals surface area (Å²) in [6.45, 7) is 0.446. The smallest absolute Gasteiger partial charge is 0.228 e. The molecule has 7 heteroatoms. The predicted molar refractivity (Wildman–Crippen MR) is 63.9 cm³/mol. The number of hydrogen-bond donors (Lipinski definition) is 0. The van der Waals surface area contributed by atoms with Crippen LogP contribution in [0.25, 0.3) is 0 Å². The molecule has 3 nitrogen and oxygen atoms in total. The van der Waals surface area contributed by atoms with E-state index < -0.39 is 5.82 Å². The van der Waals surface area contributed by atoms with Crippen molar-refractivity contribution in [2.45, 2.75) is 11.2 Å². The van der Waals surface area contributed by atoms with E-state index in [1.165, 1.54) is 4.90 Å². The zero-order valence-corrected chi connectivity index (χ0v) is 11.0. The summed E-state index contributed by atoms with van der Waals surface area (Å²) in [6, 6.07) is 1.13. The van der Waals surface area contributed by atoms with E-state index in [1.54, 1.807) is 0 Å². The molecular weight excluding hydrogens is 322 g/mol. The summed E-state index contributed by atoms with van der Waals surface area (Å²) in [5.41, 5.74) is 0.260. The van der Waals surface area contributed by atoms with Crippen molar-refractivity contribution < 1.29 is 9.18 Å². The molecule has 1 aromatic rings. The molecule has 1 aromatic heterocycles. The van der Waals surface area contributed by atoms with E-state index in [4.69, 9.17) is 23.2 Å². The number of alkyl halides is 1. The highest BCUT2D eigenvalue weighted by molar-refractivity contribution is 9.09. The summed E-state index contributed by atoms with van der Waals surface area (Å²) < 4.78 is 13.2. The fraction of sp³-hybridized carbons (Fsp3) is 0.333. The van der Waals surface area contributed by atoms with E-state index in [0.717, 1.165) is 6.07 Å². The van der Waals surface area contributed by atoms with Crippen LogP contribution in [-0.4, -0.2) is 22.3 Å². The molecule has 0 aliphatic carbocycles. The van der Waals surface area contributed by atoms with Crippen LogP contribution >= 0.6 is 39.1 Å². The van der Waals surface area contributed by atoms with Crippen LogP contribution in [0.2, 0.25) is 10.3 Å². The van der Waals surface area contributed by atoms with Gasteiger partial charge in [0, 0.05) is 23.9 Å². The predicted octanol–water partition coefficient (Wildman–Crippen LogP) is 3.03. The number of hydrogen-bond acceptors (Lipinski definition) is 2. The molecule has 0 saturated carbocycles. The third-order valence-electron chi connectivity index (χ3n) is 2.24. The minimum atomic E-state index is -0.688. The third kappa shape index (κ3) is 2.17. The summed E-state index contributed by atoms with van der Waals surface area (Å²) in [6.07, 6.45) is 0.362. The van der Waals surface area contributed by atoms with Crippen molar-refractivity contribution in [3.8, 4) is 0 Å². The third-order valence-corrected chi connectivity index (χ3v) is 3.39. The maximum Gasteiger partial charge on any atom is 0.228 e. The second-order valence-corrected chi connectivity index (χ2v) is 5.39. The van der Waals surface area contributed by atoms with Crippen LogP contribution < -0.4 is 4.90 Å². The van der Waals surface area contributed by atoms with Crippen LogP contribution in [-0.2, 0) is 4.79 Å². The highest BCUT2D eigenvalue weighted by atomic mass is 79.9. The topological polar surface area (TPSA) is 33.2 Å². The van der Waals surface area contributed by atoms with Gasteiger partial charge in [-0.2, -0.15) is 0 Å². The van der Waals surface area contributed by atoms with Crippen molar-refractivity contribution in [3.63, 3.8) is 0 Å². The number of anilines is 1. The Morgan fingerprint density at radius 3 is 2.75 bits per heavy atom. The van der Waals surface area contributed by atoms with Gasteiger partial charge in [0.2, 0.25) is 5.91 Å². The number of nitrogens with zero attached hydrogens (tertiary/aromatic N) is 2. The lowest BCUT2D eigenvalue weighted by Crippen LogP contribution is -2.25. The molecule has 0 radical (unpaired) electrons. The van der Waals surface area contributed by atoms with Crippen LogP contribution in [0.4, 0.5) is 10.1 Å². The van der Waals surface area contributed by atoms with Gasteiger partial charge in [-0.15, -0.1) is 0 Å². The molecule has 0 aromatic carbocycles. The minimum absolute atomic E-state index is 0.0290. The maximum absolute atomic E-state index is 13.2. The van der Waals surface area contributed by atoms with Crippen LogP contribution in [0.1, 0.15) is 6.42 Å². The van der Waals surface area contributed by atoms with Crippen molar-refractivity contribution in [2.24, 2.45) is 0 Å². The van der Waals surface area contributed by atoms with Gasteiger partial charge in [-0.05, 0) is 0 Å². The van der Waals surface area contributed by atoms with Gasteiger partial charge in [-0.1, -0.05) is 39.1 Å². The van der Waals surface area contributed by atoms with Crippen molar-refractivity contribution in [1.82, 2.24) is 4.98 Å². The first-order valence-electron chi connectivity index (χ1n) is 4.45. The zero-order valence-electron chi connectivity index (χ0n) is 7.88. The van der Waals surface area contributed by atoms with Gasteiger partial charge in [0.1, 0.15) is 0 Å². The Bertz CT molecular complexity index is 457. The quantitative estimate of drug-likeness (QED) is 0.587. The van der Waals surface area contributed by atoms with Crippen molar-refractivity contribution >= 4 is 50.7 Å². The molecule has 1 fully saturated rings. The van der Waals surface area contributed by atoms with E-state index in [0.29, 0.717) is 13.0 Å². The number of aromatic nitrogens is 1. The number of carbonyl (C=O) groups is 1. The second kappa shape index (κ2) is 4.47. The van der Waals surface area contributed by atoms with Crippen LogP contribution in [0, 0.1) is 5.82 Å². The molecule has 1 saturated heterocycles. The molecule has 1 atom stereocenters. The summed E-state index contributed by atoms with van der Waals surface area (Å²) in [7, 11) is 0. The Hall–Kier alpha value is -0.390. The fourth-order valence-electron chi connectivity index (χ4n) is 1.52. The molecule has 86 valence electrons. The molecule has 0 spiro atoms. The first kappa shape index (κ1) is 12.1. The molecule has 1 aliphatic heterocycles. The average Bonchev–Trinajstić information content (AvgIpc) is 2.51. The Kier molecular flexibility index (Phi) is 3.37. The monoisotopic (exact) mass is 326 g/mol. The van der Waals surface area contributed by atoms with Gasteiger partial charge in [0.25, 0.3) is 0 Å². The Labute approximate surface area is 110 Å². The van der Waals surface area contributed by atoms with Crippen molar-refractivity contribution in [3.05, 3.63) is 22.2 Å². The van der Waals surface area contributed by atoms with Gasteiger partial charge in [-0.25, -0.2) is 9.37 Å². The summed E-state index contributed by atoms with van der Waals surface area (Å²) >= 11 is 14.6. The molecule has 1 amide bonds. The van der Waals surface area contributed by atoms with Gasteiger partial charge >= 0.3 is 0 Å². The van der Waals surface area contributed by atoms with Crippen molar-refractivity contribution in [1.29, 1.82) is 0 Å². The normalized spacial score (nSPS) is 20.6. The number of rotatable bonds is 1. The van der Waals surface area contributed by atoms with E-state index in [9.17, 15) is 9.18 Å². The van der Waals surface area contributed by atoms with E-state index >= 15 is 0 Å². The standard InChI is InChI=1S/C9H6BrCl2FN2O/c10-4-1-7(16)15(3-4)6-2-5(13)8(11)14-9(6)12/h2,4H,1,3H2. The first-order valence-corrected chi connectivity index (χ1v) is 6.12. The lowest BCUT2D eigenvalue weighted by Gasteiger charge is -2.17. The lowest BCUT2D eigenvalue weighted by molar-refractivity contribution is -0.117. The Balaban J connectivity index is 2.41. The van der Waals surface area contributed by atoms with E-state index in [1.807, 2.05) is 0 Å². The summed E-state index contributed by atoms with van der Waals surface area (Å²) in [5, 5.41) is -0.267. The SMILES string of the molecule is O=C1CC(Br)CN1c1cc(F)c(Cl)nc1Cl. The van der Waals surface area contributed by atoms with Gasteiger partial charge < -0.3 is 4.90 Å². The zero-order chi connectivity index (χ0) is 11.9. The first-order chi connectivity index (χ1) is 7.49. The van der Waals surface area contributed by atoms with Crippen LogP contribution in [0.3, 0.4) is 0 Å². The molecular formula is C9H6BrCl2FN2O. The average molecular weight is 328 g/mol. The summed E-state index contributed by atoms with van der Waals surface area (Å²) in [5.74, 6) is -0.806. The Morgan fingerprint density at radius 2 is 2.19 bits per heavy atom. The van der Waals surface area contributed by atoms with Gasteiger partial charge in [0.05, 0.1) is 5.69 Å². The molecule has 16 heavy (non-hydrogen) atoms. The van der Waals surface area contributed by atoms with Crippen molar-refractivity contribution in [2.75, 3.05) is 11.4 Å². The molecule has 2 heterocycles. The second-order valence-electron chi connectivity index (χ2n) is 3.38. The van der Waals surface area contributed by atoms with Crippen LogP contribution in [0.15, 0.2) is 6.07 Å². The number of pyridine rings is 1. The molecule has 1 aliphatic rings. The summed E-state index contributed by atoms with van der Waals surface area (Å²) in [4.78, 5) is 16.7. The fourth-order valence-corrected chi connectivity index (χ4v) is 2.51. The number of halogens is 4. The van der Waals surface area contributed by atoms with Crippen LogP contribution in [0.5, 0.6) is 0 Å².